The van der Waals surface area contributed by atoms with Crippen LogP contribution in [0, 0.1) is 6.92 Å². The van der Waals surface area contributed by atoms with Gasteiger partial charge in [0.2, 0.25) is 5.95 Å². The Bertz CT molecular complexity index is 506. The average molecular weight is 260 g/mol. The molecule has 0 aliphatic carbocycles. The zero-order valence-electron chi connectivity index (χ0n) is 11.6. The molecule has 0 spiro atoms. The molecule has 0 aromatic carbocycles. The highest BCUT2D eigenvalue weighted by Crippen LogP contribution is 2.14. The summed E-state index contributed by atoms with van der Waals surface area (Å²) in [7, 11) is 0. The maximum atomic E-state index is 4.51. The molecule has 0 atom stereocenters. The molecule has 0 bridgehead atoms. The Kier molecular flexibility index (Phi) is 4.43. The van der Waals surface area contributed by atoms with E-state index >= 15 is 0 Å². The van der Waals surface area contributed by atoms with E-state index in [1.165, 1.54) is 6.33 Å². The summed E-state index contributed by atoms with van der Waals surface area (Å²) in [6, 6.07) is 2.03. The van der Waals surface area contributed by atoms with E-state index in [2.05, 4.69) is 44.3 Å². The fourth-order valence-electron chi connectivity index (χ4n) is 1.78. The van der Waals surface area contributed by atoms with Crippen LogP contribution >= 0.6 is 0 Å². The normalized spacial score (nSPS) is 10.9. The highest BCUT2D eigenvalue weighted by Gasteiger charge is 2.05. The Hall–Kier alpha value is -1.98. The van der Waals surface area contributed by atoms with Gasteiger partial charge in [0, 0.05) is 24.4 Å². The second-order valence-corrected chi connectivity index (χ2v) is 4.87. The maximum Gasteiger partial charge on any atom is 0.223 e. The number of nitrogens with zero attached hydrogens (tertiary/aromatic N) is 4. The minimum Gasteiger partial charge on any atom is -0.354 e. The molecule has 2 rings (SSSR count). The Morgan fingerprint density at radius 2 is 2.16 bits per heavy atom. The summed E-state index contributed by atoms with van der Waals surface area (Å²) in [5.41, 5.74) is 2.07. The second kappa shape index (κ2) is 6.26. The van der Waals surface area contributed by atoms with Gasteiger partial charge in [-0.1, -0.05) is 13.8 Å². The first-order chi connectivity index (χ1) is 9.15. The van der Waals surface area contributed by atoms with Crippen molar-refractivity contribution in [3.05, 3.63) is 29.6 Å². The monoisotopic (exact) mass is 260 g/mol. The van der Waals surface area contributed by atoms with Crippen LogP contribution in [-0.2, 0) is 6.42 Å². The molecule has 2 heterocycles. The first kappa shape index (κ1) is 13.5. The average Bonchev–Trinajstić information content (AvgIpc) is 2.87. The van der Waals surface area contributed by atoms with Crippen molar-refractivity contribution in [2.45, 2.75) is 39.5 Å². The summed E-state index contributed by atoms with van der Waals surface area (Å²) in [4.78, 5) is 13.0. The van der Waals surface area contributed by atoms with Crippen LogP contribution in [0.25, 0.3) is 0 Å². The highest BCUT2D eigenvalue weighted by molar-refractivity contribution is 5.28. The van der Waals surface area contributed by atoms with E-state index in [-0.39, 0.29) is 0 Å². The molecule has 0 aliphatic heterocycles. The number of anilines is 1. The van der Waals surface area contributed by atoms with Gasteiger partial charge in [0.25, 0.3) is 0 Å². The lowest BCUT2D eigenvalue weighted by Crippen LogP contribution is -2.09. The third-order valence-electron chi connectivity index (χ3n) is 2.80. The van der Waals surface area contributed by atoms with Crippen LogP contribution in [0.5, 0.6) is 0 Å². The summed E-state index contributed by atoms with van der Waals surface area (Å²) in [6.45, 7) is 7.08. The van der Waals surface area contributed by atoms with Crippen molar-refractivity contribution >= 4 is 5.95 Å². The molecular weight excluding hydrogens is 240 g/mol. The van der Waals surface area contributed by atoms with Crippen LogP contribution in [0.3, 0.4) is 0 Å². The zero-order valence-corrected chi connectivity index (χ0v) is 11.6. The summed E-state index contributed by atoms with van der Waals surface area (Å²) in [5, 5.41) is 9.93. The summed E-state index contributed by atoms with van der Waals surface area (Å²) < 4.78 is 0. The van der Waals surface area contributed by atoms with Gasteiger partial charge in [-0.25, -0.2) is 15.0 Å². The van der Waals surface area contributed by atoms with Crippen molar-refractivity contribution in [1.82, 2.24) is 25.1 Å². The molecule has 2 aromatic rings. The second-order valence-electron chi connectivity index (χ2n) is 4.87. The molecule has 0 radical (unpaired) electrons. The fourth-order valence-corrected chi connectivity index (χ4v) is 1.78. The van der Waals surface area contributed by atoms with Gasteiger partial charge >= 0.3 is 0 Å². The molecule has 6 nitrogen and oxygen atoms in total. The van der Waals surface area contributed by atoms with Gasteiger partial charge in [-0.15, -0.1) is 0 Å². The Morgan fingerprint density at radius 1 is 1.32 bits per heavy atom. The minimum absolute atomic E-state index is 0.413. The number of nitrogens with one attached hydrogen (secondary N) is 2. The number of aromatic amines is 1. The quantitative estimate of drug-likeness (QED) is 0.777. The molecule has 0 fully saturated rings. The van der Waals surface area contributed by atoms with E-state index in [9.17, 15) is 0 Å². The number of H-pyrrole nitrogens is 1. The number of hydrogen-bond donors (Lipinski definition) is 2. The Morgan fingerprint density at radius 3 is 2.84 bits per heavy atom. The SMILES string of the molecule is Cc1cc(C(C)C)nc(NCCCc2ncn[nH]2)n1. The van der Waals surface area contributed by atoms with E-state index in [1.54, 1.807) is 0 Å². The molecule has 0 unspecified atom stereocenters. The molecule has 102 valence electrons. The van der Waals surface area contributed by atoms with E-state index < -0.39 is 0 Å². The summed E-state index contributed by atoms with van der Waals surface area (Å²) in [6.07, 6.45) is 3.36. The third kappa shape index (κ3) is 4.01. The van der Waals surface area contributed by atoms with Gasteiger partial charge in [-0.05, 0) is 25.3 Å². The molecule has 0 amide bonds. The highest BCUT2D eigenvalue weighted by atomic mass is 15.2. The minimum atomic E-state index is 0.413. The van der Waals surface area contributed by atoms with Crippen LogP contribution in [-0.4, -0.2) is 31.7 Å². The van der Waals surface area contributed by atoms with Gasteiger partial charge in [-0.2, -0.15) is 5.10 Å². The molecular formula is C13H20N6. The first-order valence-corrected chi connectivity index (χ1v) is 6.59. The molecule has 2 N–H and O–H groups in total. The third-order valence-corrected chi connectivity index (χ3v) is 2.80. The van der Waals surface area contributed by atoms with Crippen molar-refractivity contribution in [2.24, 2.45) is 0 Å². The molecule has 0 saturated heterocycles. The van der Waals surface area contributed by atoms with Crippen molar-refractivity contribution in [3.8, 4) is 0 Å². The van der Waals surface area contributed by atoms with Crippen LogP contribution in [0.1, 0.15) is 43.4 Å². The van der Waals surface area contributed by atoms with Crippen LogP contribution < -0.4 is 5.32 Å². The fraction of sp³-hybridized carbons (Fsp3) is 0.538. The zero-order chi connectivity index (χ0) is 13.7. The number of aromatic nitrogens is 5. The largest absolute Gasteiger partial charge is 0.354 e. The van der Waals surface area contributed by atoms with Gasteiger partial charge in [0.15, 0.2) is 0 Å². The van der Waals surface area contributed by atoms with Crippen LogP contribution in [0.15, 0.2) is 12.4 Å². The van der Waals surface area contributed by atoms with Crippen LogP contribution in [0.2, 0.25) is 0 Å². The lowest BCUT2D eigenvalue weighted by Gasteiger charge is -2.09. The molecule has 0 aliphatic rings. The summed E-state index contributed by atoms with van der Waals surface area (Å²) >= 11 is 0. The van der Waals surface area contributed by atoms with E-state index in [1.807, 2.05) is 13.0 Å². The van der Waals surface area contributed by atoms with Crippen molar-refractivity contribution < 1.29 is 0 Å². The van der Waals surface area contributed by atoms with Gasteiger partial charge in [0.05, 0.1) is 0 Å². The van der Waals surface area contributed by atoms with Crippen molar-refractivity contribution in [2.75, 3.05) is 11.9 Å². The van der Waals surface area contributed by atoms with Gasteiger partial charge in [-0.3, -0.25) is 5.10 Å². The lowest BCUT2D eigenvalue weighted by atomic mass is 10.1. The molecule has 6 heteroatoms. The predicted octanol–water partition coefficient (Wildman–Crippen LogP) is 2.07. The predicted molar refractivity (Wildman–Crippen MR) is 74.1 cm³/mol. The topological polar surface area (TPSA) is 79.4 Å². The number of rotatable bonds is 6. The Labute approximate surface area is 113 Å². The Balaban J connectivity index is 1.85. The smallest absolute Gasteiger partial charge is 0.223 e. The van der Waals surface area contributed by atoms with Crippen LogP contribution in [0.4, 0.5) is 5.95 Å². The first-order valence-electron chi connectivity index (χ1n) is 6.59. The maximum absolute atomic E-state index is 4.51. The van der Waals surface area contributed by atoms with Gasteiger partial charge in [0.1, 0.15) is 12.2 Å². The van der Waals surface area contributed by atoms with Crippen molar-refractivity contribution in [3.63, 3.8) is 0 Å². The van der Waals surface area contributed by atoms with E-state index in [4.69, 9.17) is 0 Å². The number of hydrogen-bond acceptors (Lipinski definition) is 5. The van der Waals surface area contributed by atoms with Gasteiger partial charge < -0.3 is 5.32 Å². The molecule has 19 heavy (non-hydrogen) atoms. The van der Waals surface area contributed by atoms with Crippen molar-refractivity contribution in [1.29, 1.82) is 0 Å². The summed E-state index contributed by atoms with van der Waals surface area (Å²) in [5.74, 6) is 2.03. The number of aryl methyl sites for hydroxylation is 2. The molecule has 2 aromatic heterocycles. The lowest BCUT2D eigenvalue weighted by molar-refractivity contribution is 0.785. The standard InChI is InChI=1S/C13H20N6/c1-9(2)11-7-10(3)17-13(18-11)14-6-4-5-12-15-8-16-19-12/h7-9H,4-6H2,1-3H3,(H,14,17,18)(H,15,16,19). The molecule has 0 saturated carbocycles. The van der Waals surface area contributed by atoms with E-state index in [0.29, 0.717) is 11.9 Å². The van der Waals surface area contributed by atoms with E-state index in [0.717, 1.165) is 36.6 Å².